The van der Waals surface area contributed by atoms with Gasteiger partial charge in [0, 0.05) is 5.92 Å². The van der Waals surface area contributed by atoms with E-state index in [0.29, 0.717) is 0 Å². The summed E-state index contributed by atoms with van der Waals surface area (Å²) in [6.07, 6.45) is 0.179. The van der Waals surface area contributed by atoms with Gasteiger partial charge in [0.05, 0.1) is 24.4 Å². The normalized spacial score (nSPS) is 57.6. The summed E-state index contributed by atoms with van der Waals surface area (Å²) >= 11 is 0. The summed E-state index contributed by atoms with van der Waals surface area (Å²) in [6.45, 7) is 1.91. The first-order valence-electron chi connectivity index (χ1n) is 4.54. The first-order valence-corrected chi connectivity index (χ1v) is 4.54. The Morgan fingerprint density at radius 1 is 1.31 bits per heavy atom. The molecular formula is C9H12O4. The van der Waals surface area contributed by atoms with Gasteiger partial charge in [-0.1, -0.05) is 0 Å². The molecule has 3 rings (SSSR count). The second kappa shape index (κ2) is 2.26. The first kappa shape index (κ1) is 7.79. The SMILES string of the molecule is CC1=CO[C@@H](O)[C@@H]2[C@H]3O[C@H]3[C@@H](O)[C@H]12. The van der Waals surface area contributed by atoms with E-state index in [1.54, 1.807) is 6.26 Å². The average molecular weight is 184 g/mol. The smallest absolute Gasteiger partial charge is 0.202 e. The van der Waals surface area contributed by atoms with Crippen LogP contribution in [0, 0.1) is 11.8 Å². The maximum Gasteiger partial charge on any atom is 0.202 e. The van der Waals surface area contributed by atoms with Crippen LogP contribution in [0.15, 0.2) is 11.8 Å². The largest absolute Gasteiger partial charge is 0.472 e. The lowest BCUT2D eigenvalue weighted by molar-refractivity contribution is -0.134. The maximum absolute atomic E-state index is 9.79. The molecule has 3 aliphatic rings. The van der Waals surface area contributed by atoms with E-state index in [0.717, 1.165) is 5.57 Å². The van der Waals surface area contributed by atoms with Crippen molar-refractivity contribution in [2.45, 2.75) is 31.5 Å². The molecule has 4 nitrogen and oxygen atoms in total. The van der Waals surface area contributed by atoms with Crippen molar-refractivity contribution in [1.82, 2.24) is 0 Å². The number of hydrogen-bond donors (Lipinski definition) is 2. The first-order chi connectivity index (χ1) is 6.20. The van der Waals surface area contributed by atoms with Crippen molar-refractivity contribution in [2.24, 2.45) is 11.8 Å². The Hall–Kier alpha value is -0.580. The van der Waals surface area contributed by atoms with Crippen LogP contribution in [-0.2, 0) is 9.47 Å². The van der Waals surface area contributed by atoms with Gasteiger partial charge in [0.15, 0.2) is 0 Å². The molecule has 6 atom stereocenters. The van der Waals surface area contributed by atoms with Crippen molar-refractivity contribution < 1.29 is 19.7 Å². The van der Waals surface area contributed by atoms with Crippen LogP contribution in [0.5, 0.6) is 0 Å². The van der Waals surface area contributed by atoms with Crippen LogP contribution in [0.4, 0.5) is 0 Å². The molecule has 0 aromatic rings. The third-order valence-electron chi connectivity index (χ3n) is 3.31. The number of hydrogen-bond acceptors (Lipinski definition) is 4. The Kier molecular flexibility index (Phi) is 1.35. The Morgan fingerprint density at radius 2 is 2.08 bits per heavy atom. The number of ether oxygens (including phenoxy) is 2. The molecule has 0 aromatic carbocycles. The van der Waals surface area contributed by atoms with Crippen molar-refractivity contribution >= 4 is 0 Å². The topological polar surface area (TPSA) is 62.2 Å². The van der Waals surface area contributed by atoms with Crippen LogP contribution < -0.4 is 0 Å². The molecule has 1 saturated carbocycles. The Morgan fingerprint density at radius 3 is 2.77 bits per heavy atom. The summed E-state index contributed by atoms with van der Waals surface area (Å²) in [5, 5.41) is 19.3. The fourth-order valence-corrected chi connectivity index (χ4v) is 2.62. The third kappa shape index (κ3) is 0.855. The second-order valence-electron chi connectivity index (χ2n) is 4.05. The van der Waals surface area contributed by atoms with E-state index in [4.69, 9.17) is 9.47 Å². The molecule has 0 bridgehead atoms. The summed E-state index contributed by atoms with van der Waals surface area (Å²) in [5.41, 5.74) is 0.999. The molecule has 1 saturated heterocycles. The number of aliphatic hydroxyl groups is 2. The fraction of sp³-hybridized carbons (Fsp3) is 0.778. The highest BCUT2D eigenvalue weighted by molar-refractivity contribution is 5.21. The molecule has 0 amide bonds. The summed E-state index contributed by atoms with van der Waals surface area (Å²) in [6, 6.07) is 0. The lowest BCUT2D eigenvalue weighted by atomic mass is 9.86. The van der Waals surface area contributed by atoms with Crippen LogP contribution in [0.2, 0.25) is 0 Å². The van der Waals surface area contributed by atoms with Gasteiger partial charge < -0.3 is 19.7 Å². The zero-order valence-corrected chi connectivity index (χ0v) is 7.25. The van der Waals surface area contributed by atoms with Crippen LogP contribution >= 0.6 is 0 Å². The van der Waals surface area contributed by atoms with Gasteiger partial charge >= 0.3 is 0 Å². The molecule has 0 unspecified atom stereocenters. The van der Waals surface area contributed by atoms with E-state index in [9.17, 15) is 10.2 Å². The van der Waals surface area contributed by atoms with E-state index in [1.807, 2.05) is 6.92 Å². The molecular weight excluding hydrogens is 172 g/mol. The van der Waals surface area contributed by atoms with Gasteiger partial charge in [0.1, 0.15) is 6.10 Å². The van der Waals surface area contributed by atoms with E-state index in [-0.39, 0.29) is 24.0 Å². The molecule has 2 heterocycles. The lowest BCUT2D eigenvalue weighted by Gasteiger charge is -2.32. The molecule has 72 valence electrons. The summed E-state index contributed by atoms with van der Waals surface area (Å²) < 4.78 is 10.3. The van der Waals surface area contributed by atoms with Crippen LogP contribution in [0.1, 0.15) is 6.92 Å². The molecule has 2 fully saturated rings. The summed E-state index contributed by atoms with van der Waals surface area (Å²) in [5.74, 6) is -0.0579. The number of epoxide rings is 1. The van der Waals surface area contributed by atoms with Crippen LogP contribution in [0.3, 0.4) is 0 Å². The lowest BCUT2D eigenvalue weighted by Crippen LogP contribution is -2.38. The molecule has 2 N–H and O–H groups in total. The van der Waals surface area contributed by atoms with Crippen molar-refractivity contribution in [3.8, 4) is 0 Å². The maximum atomic E-state index is 9.79. The predicted molar refractivity (Wildman–Crippen MR) is 42.5 cm³/mol. The molecule has 13 heavy (non-hydrogen) atoms. The van der Waals surface area contributed by atoms with Crippen LogP contribution in [0.25, 0.3) is 0 Å². The van der Waals surface area contributed by atoms with Gasteiger partial charge in [-0.3, -0.25) is 0 Å². The van der Waals surface area contributed by atoms with Gasteiger partial charge in [-0.2, -0.15) is 0 Å². The monoisotopic (exact) mass is 184 g/mol. The Bertz CT molecular complexity index is 275. The summed E-state index contributed by atoms with van der Waals surface area (Å²) in [4.78, 5) is 0. The number of fused-ring (bicyclic) bond motifs is 3. The Labute approximate surface area is 75.8 Å². The Balaban J connectivity index is 1.97. The molecule has 0 spiro atoms. The minimum atomic E-state index is -0.819. The van der Waals surface area contributed by atoms with E-state index in [2.05, 4.69) is 0 Å². The van der Waals surface area contributed by atoms with E-state index >= 15 is 0 Å². The van der Waals surface area contributed by atoms with Gasteiger partial charge in [-0.15, -0.1) is 0 Å². The van der Waals surface area contributed by atoms with Gasteiger partial charge in [-0.25, -0.2) is 0 Å². The third-order valence-corrected chi connectivity index (χ3v) is 3.31. The zero-order chi connectivity index (χ0) is 9.16. The molecule has 2 aliphatic heterocycles. The van der Waals surface area contributed by atoms with Crippen molar-refractivity contribution in [3.63, 3.8) is 0 Å². The second-order valence-corrected chi connectivity index (χ2v) is 4.05. The van der Waals surface area contributed by atoms with Crippen molar-refractivity contribution in [2.75, 3.05) is 0 Å². The number of aliphatic hydroxyl groups excluding tert-OH is 2. The van der Waals surface area contributed by atoms with Crippen molar-refractivity contribution in [1.29, 1.82) is 0 Å². The average Bonchev–Trinajstić information content (AvgIpc) is 2.82. The highest BCUT2D eigenvalue weighted by atomic mass is 16.6. The van der Waals surface area contributed by atoms with E-state index < -0.39 is 12.4 Å². The fourth-order valence-electron chi connectivity index (χ4n) is 2.62. The minimum absolute atomic E-state index is 0.00125. The highest BCUT2D eigenvalue weighted by Gasteiger charge is 2.65. The standard InChI is InChI=1S/C9H12O4/c1-3-2-12-9(11)5-4(3)6(10)8-7(5)13-8/h2,4-11H,1H3/t4-,5+,6+,7-,8+,9-/m1/s1. The summed E-state index contributed by atoms with van der Waals surface area (Å²) in [7, 11) is 0. The minimum Gasteiger partial charge on any atom is -0.472 e. The number of rotatable bonds is 0. The van der Waals surface area contributed by atoms with Gasteiger partial charge in [0.2, 0.25) is 6.29 Å². The quantitative estimate of drug-likeness (QED) is 0.503. The predicted octanol–water partition coefficient (Wildman–Crippen LogP) is -0.387. The molecule has 0 radical (unpaired) electrons. The highest BCUT2D eigenvalue weighted by Crippen LogP contribution is 2.52. The van der Waals surface area contributed by atoms with Gasteiger partial charge in [0.25, 0.3) is 0 Å². The van der Waals surface area contributed by atoms with Crippen molar-refractivity contribution in [3.05, 3.63) is 11.8 Å². The van der Waals surface area contributed by atoms with E-state index in [1.165, 1.54) is 0 Å². The van der Waals surface area contributed by atoms with Crippen LogP contribution in [-0.4, -0.2) is 34.8 Å². The molecule has 4 heteroatoms. The van der Waals surface area contributed by atoms with Gasteiger partial charge in [-0.05, 0) is 12.5 Å². The molecule has 0 aromatic heterocycles. The molecule has 1 aliphatic carbocycles. The zero-order valence-electron chi connectivity index (χ0n) is 7.25.